The van der Waals surface area contributed by atoms with Crippen molar-refractivity contribution in [2.24, 2.45) is 0 Å². The third kappa shape index (κ3) is 2.90. The fourth-order valence-electron chi connectivity index (χ4n) is 3.63. The lowest BCUT2D eigenvalue weighted by atomic mass is 9.95. The molecule has 23 heavy (non-hydrogen) atoms. The topological polar surface area (TPSA) is 85.1 Å². The maximum atomic E-state index is 9.24. The largest absolute Gasteiger partial charge is 0.394 e. The molecule has 4 rings (SSSR count). The number of anilines is 1. The number of hydrogen-bond acceptors (Lipinski definition) is 6. The van der Waals surface area contributed by atoms with E-state index in [2.05, 4.69) is 20.3 Å². The van der Waals surface area contributed by atoms with Crippen LogP contribution in [0.1, 0.15) is 51.2 Å². The number of fused-ring (bicyclic) bond motifs is 1. The first-order chi connectivity index (χ1) is 11.3. The molecule has 2 fully saturated rings. The van der Waals surface area contributed by atoms with Crippen LogP contribution in [0.2, 0.25) is 0 Å². The third-order valence-electron chi connectivity index (χ3n) is 4.90. The highest BCUT2D eigenvalue weighted by Crippen LogP contribution is 2.31. The van der Waals surface area contributed by atoms with Crippen molar-refractivity contribution in [1.82, 2.24) is 19.5 Å². The summed E-state index contributed by atoms with van der Waals surface area (Å²) in [5, 5.41) is 12.8. The molecule has 2 aromatic heterocycles. The smallest absolute Gasteiger partial charge is 0.167 e. The fourth-order valence-corrected chi connectivity index (χ4v) is 3.63. The number of ether oxygens (including phenoxy) is 1. The fraction of sp³-hybridized carbons (Fsp3) is 0.688. The van der Waals surface area contributed by atoms with E-state index in [4.69, 9.17) is 4.74 Å². The number of rotatable bonds is 4. The van der Waals surface area contributed by atoms with Crippen LogP contribution in [-0.4, -0.2) is 43.4 Å². The normalized spacial score (nSPS) is 26.0. The molecule has 0 radical (unpaired) electrons. The Morgan fingerprint density at radius 2 is 2.00 bits per heavy atom. The highest BCUT2D eigenvalue weighted by molar-refractivity contribution is 5.82. The highest BCUT2D eigenvalue weighted by Gasteiger charge is 2.28. The molecule has 7 nitrogen and oxygen atoms in total. The van der Waals surface area contributed by atoms with Crippen LogP contribution in [0.25, 0.3) is 11.2 Å². The van der Waals surface area contributed by atoms with Gasteiger partial charge in [-0.05, 0) is 25.7 Å². The summed E-state index contributed by atoms with van der Waals surface area (Å²) < 4.78 is 7.80. The lowest BCUT2D eigenvalue weighted by molar-refractivity contribution is -0.0207. The SMILES string of the molecule is OC[C@@H]1CC[C@@H](n2cnc3c(NC4CCCCC4)ncnc32)O1. The number of imidazole rings is 1. The third-order valence-corrected chi connectivity index (χ3v) is 4.90. The van der Waals surface area contributed by atoms with Crippen molar-refractivity contribution in [3.8, 4) is 0 Å². The second-order valence-corrected chi connectivity index (χ2v) is 6.50. The maximum Gasteiger partial charge on any atom is 0.167 e. The average Bonchev–Trinajstić information content (AvgIpc) is 3.22. The summed E-state index contributed by atoms with van der Waals surface area (Å²) in [5.74, 6) is 0.817. The van der Waals surface area contributed by atoms with Crippen molar-refractivity contribution in [2.75, 3.05) is 11.9 Å². The summed E-state index contributed by atoms with van der Waals surface area (Å²) in [7, 11) is 0. The molecule has 7 heteroatoms. The van der Waals surface area contributed by atoms with E-state index in [9.17, 15) is 5.11 Å². The predicted molar refractivity (Wildman–Crippen MR) is 86.0 cm³/mol. The molecular weight excluding hydrogens is 294 g/mol. The van der Waals surface area contributed by atoms with Gasteiger partial charge < -0.3 is 15.2 Å². The van der Waals surface area contributed by atoms with Crippen LogP contribution < -0.4 is 5.32 Å². The van der Waals surface area contributed by atoms with Crippen LogP contribution in [0.15, 0.2) is 12.7 Å². The number of aliphatic hydroxyl groups is 1. The standard InChI is InChI=1S/C16H23N5O2/c22-8-12-6-7-13(23-12)21-10-19-14-15(17-9-18-16(14)21)20-11-4-2-1-3-5-11/h9-13,22H,1-8H2,(H,17,18,20)/t12-,13-/m0/s1. The summed E-state index contributed by atoms with van der Waals surface area (Å²) in [6.07, 6.45) is 11.2. The first-order valence-electron chi connectivity index (χ1n) is 8.55. The first kappa shape index (κ1) is 14.8. The Kier molecular flexibility index (Phi) is 4.13. The number of nitrogens with zero attached hydrogens (tertiary/aromatic N) is 4. The average molecular weight is 317 g/mol. The van der Waals surface area contributed by atoms with E-state index >= 15 is 0 Å². The van der Waals surface area contributed by atoms with Gasteiger partial charge in [0.25, 0.3) is 0 Å². The van der Waals surface area contributed by atoms with E-state index < -0.39 is 0 Å². The molecule has 1 saturated carbocycles. The van der Waals surface area contributed by atoms with Gasteiger partial charge in [0.2, 0.25) is 0 Å². The Labute approximate surface area is 135 Å². The monoisotopic (exact) mass is 317 g/mol. The molecule has 2 aliphatic rings. The van der Waals surface area contributed by atoms with Gasteiger partial charge in [0.1, 0.15) is 12.6 Å². The van der Waals surface area contributed by atoms with Crippen molar-refractivity contribution in [1.29, 1.82) is 0 Å². The number of nitrogens with one attached hydrogen (secondary N) is 1. The number of aromatic nitrogens is 4. The zero-order valence-corrected chi connectivity index (χ0v) is 13.2. The Morgan fingerprint density at radius 3 is 2.78 bits per heavy atom. The van der Waals surface area contributed by atoms with Crippen LogP contribution in [0.5, 0.6) is 0 Å². The van der Waals surface area contributed by atoms with Gasteiger partial charge in [-0.15, -0.1) is 0 Å². The molecule has 1 saturated heterocycles. The van der Waals surface area contributed by atoms with Crippen molar-refractivity contribution in [2.45, 2.75) is 63.3 Å². The van der Waals surface area contributed by atoms with Crippen molar-refractivity contribution in [3.63, 3.8) is 0 Å². The number of hydrogen-bond donors (Lipinski definition) is 2. The van der Waals surface area contributed by atoms with Gasteiger partial charge in [-0.2, -0.15) is 0 Å². The van der Waals surface area contributed by atoms with E-state index in [0.717, 1.165) is 29.8 Å². The Hall–Kier alpha value is -1.73. The van der Waals surface area contributed by atoms with Gasteiger partial charge >= 0.3 is 0 Å². The zero-order chi connectivity index (χ0) is 15.6. The van der Waals surface area contributed by atoms with Gasteiger partial charge in [0.15, 0.2) is 17.0 Å². The summed E-state index contributed by atoms with van der Waals surface area (Å²) in [6, 6.07) is 0.480. The molecule has 0 amide bonds. The van der Waals surface area contributed by atoms with E-state index in [1.807, 2.05) is 4.57 Å². The van der Waals surface area contributed by atoms with E-state index in [0.29, 0.717) is 6.04 Å². The van der Waals surface area contributed by atoms with Gasteiger partial charge in [-0.3, -0.25) is 4.57 Å². The van der Waals surface area contributed by atoms with Gasteiger partial charge in [-0.25, -0.2) is 15.0 Å². The molecule has 0 spiro atoms. The molecule has 2 aromatic rings. The van der Waals surface area contributed by atoms with Crippen LogP contribution >= 0.6 is 0 Å². The summed E-state index contributed by atoms with van der Waals surface area (Å²) in [6.45, 7) is 0.0621. The van der Waals surface area contributed by atoms with Crippen LogP contribution in [0.4, 0.5) is 5.82 Å². The Morgan fingerprint density at radius 1 is 1.13 bits per heavy atom. The van der Waals surface area contributed by atoms with Crippen LogP contribution in [0, 0.1) is 0 Å². The molecule has 3 heterocycles. The van der Waals surface area contributed by atoms with Crippen LogP contribution in [-0.2, 0) is 4.74 Å². The minimum Gasteiger partial charge on any atom is -0.394 e. The lowest BCUT2D eigenvalue weighted by Crippen LogP contribution is -2.23. The molecule has 1 aliphatic carbocycles. The van der Waals surface area contributed by atoms with Crippen molar-refractivity contribution in [3.05, 3.63) is 12.7 Å². The highest BCUT2D eigenvalue weighted by atomic mass is 16.5. The van der Waals surface area contributed by atoms with Crippen molar-refractivity contribution < 1.29 is 9.84 Å². The molecule has 124 valence electrons. The predicted octanol–water partition coefficient (Wildman–Crippen LogP) is 2.24. The van der Waals surface area contributed by atoms with Gasteiger partial charge in [0, 0.05) is 6.04 Å². The second kappa shape index (κ2) is 6.41. The molecule has 0 bridgehead atoms. The Balaban J connectivity index is 1.59. The van der Waals surface area contributed by atoms with Crippen LogP contribution in [0.3, 0.4) is 0 Å². The van der Waals surface area contributed by atoms with Gasteiger partial charge in [0.05, 0.1) is 19.0 Å². The second-order valence-electron chi connectivity index (χ2n) is 6.50. The molecular formula is C16H23N5O2. The van der Waals surface area contributed by atoms with Crippen molar-refractivity contribution >= 4 is 17.0 Å². The maximum absolute atomic E-state index is 9.24. The Bertz CT molecular complexity index is 668. The molecule has 0 aromatic carbocycles. The lowest BCUT2D eigenvalue weighted by Gasteiger charge is -2.23. The minimum atomic E-state index is -0.102. The molecule has 1 aliphatic heterocycles. The van der Waals surface area contributed by atoms with Gasteiger partial charge in [-0.1, -0.05) is 19.3 Å². The van der Waals surface area contributed by atoms with E-state index in [1.165, 1.54) is 32.1 Å². The summed E-state index contributed by atoms with van der Waals surface area (Å²) >= 11 is 0. The summed E-state index contributed by atoms with van der Waals surface area (Å²) in [4.78, 5) is 13.3. The zero-order valence-electron chi connectivity index (χ0n) is 13.2. The van der Waals surface area contributed by atoms with E-state index in [-0.39, 0.29) is 18.9 Å². The minimum absolute atomic E-state index is 0.0621. The number of aliphatic hydroxyl groups excluding tert-OH is 1. The quantitative estimate of drug-likeness (QED) is 0.899. The summed E-state index contributed by atoms with van der Waals surface area (Å²) in [5.41, 5.74) is 1.59. The molecule has 2 atom stereocenters. The van der Waals surface area contributed by atoms with E-state index in [1.54, 1.807) is 12.7 Å². The molecule has 2 N–H and O–H groups in total. The molecule has 0 unspecified atom stereocenters. The first-order valence-corrected chi connectivity index (χ1v) is 8.55.